The van der Waals surface area contributed by atoms with Crippen molar-refractivity contribution in [2.45, 2.75) is 6.92 Å². The predicted octanol–water partition coefficient (Wildman–Crippen LogP) is 5.38. The molecule has 1 amide bonds. The van der Waals surface area contributed by atoms with E-state index in [1.807, 2.05) is 41.8 Å². The minimum atomic E-state index is -0.362. The van der Waals surface area contributed by atoms with Gasteiger partial charge in [0.15, 0.2) is 0 Å². The topological polar surface area (TPSA) is 45.2 Å². The van der Waals surface area contributed by atoms with E-state index in [1.165, 1.54) is 12.1 Å². The quantitative estimate of drug-likeness (QED) is 0.571. The van der Waals surface area contributed by atoms with Crippen LogP contribution in [0.4, 0.5) is 15.8 Å². The minimum Gasteiger partial charge on any atom is -0.353 e. The van der Waals surface area contributed by atoms with Crippen LogP contribution < -0.4 is 5.32 Å². The van der Waals surface area contributed by atoms with Gasteiger partial charge in [-0.3, -0.25) is 9.78 Å². The molecular formula is C21H19BrFN3OS. The third-order valence-corrected chi connectivity index (χ3v) is 6.34. The third kappa shape index (κ3) is 3.86. The lowest BCUT2D eigenvalue weighted by atomic mass is 10.1. The number of rotatable bonds is 3. The van der Waals surface area contributed by atoms with Gasteiger partial charge < -0.3 is 10.2 Å². The summed E-state index contributed by atoms with van der Waals surface area (Å²) in [4.78, 5) is 19.5. The second-order valence-corrected chi connectivity index (χ2v) is 8.80. The molecule has 7 heteroatoms. The van der Waals surface area contributed by atoms with Crippen LogP contribution in [0.3, 0.4) is 0 Å². The lowest BCUT2D eigenvalue weighted by Crippen LogP contribution is -2.38. The van der Waals surface area contributed by atoms with Crippen LogP contribution in [0.2, 0.25) is 0 Å². The number of pyridine rings is 1. The largest absolute Gasteiger partial charge is 0.353 e. The number of carbonyl (C=O) groups excluding carboxylic acids is 1. The van der Waals surface area contributed by atoms with Crippen LogP contribution in [0.5, 0.6) is 0 Å². The molecular weight excluding hydrogens is 441 g/mol. The van der Waals surface area contributed by atoms with Crippen LogP contribution in [-0.4, -0.2) is 40.4 Å². The summed E-state index contributed by atoms with van der Waals surface area (Å²) in [6.45, 7) is 3.42. The number of hydrogen-bond donors (Lipinski definition) is 1. The molecule has 1 N–H and O–H groups in total. The first-order valence-corrected chi connectivity index (χ1v) is 11.0. The highest BCUT2D eigenvalue weighted by molar-refractivity contribution is 9.10. The fourth-order valence-corrected chi connectivity index (χ4v) is 4.75. The molecule has 1 fully saturated rings. The van der Waals surface area contributed by atoms with Gasteiger partial charge in [0.1, 0.15) is 5.82 Å². The Kier molecular flexibility index (Phi) is 5.55. The molecule has 0 saturated carbocycles. The number of thioether (sulfide) groups is 1. The SMILES string of the molecule is Cc1ccc(Nc2c(C(=O)N3CCSCC3)cnc3ccc(F)cc23)c(Br)c1. The van der Waals surface area contributed by atoms with Crippen molar-refractivity contribution in [3.8, 4) is 0 Å². The van der Waals surface area contributed by atoms with Crippen molar-refractivity contribution < 1.29 is 9.18 Å². The number of nitrogens with zero attached hydrogens (tertiary/aromatic N) is 2. The number of amides is 1. The Labute approximate surface area is 175 Å². The van der Waals surface area contributed by atoms with Gasteiger partial charge in [0.05, 0.1) is 22.5 Å². The first-order valence-electron chi connectivity index (χ1n) is 9.01. The molecule has 1 aliphatic heterocycles. The Morgan fingerprint density at radius 3 is 2.75 bits per heavy atom. The zero-order valence-electron chi connectivity index (χ0n) is 15.3. The van der Waals surface area contributed by atoms with E-state index in [9.17, 15) is 9.18 Å². The number of anilines is 2. The summed E-state index contributed by atoms with van der Waals surface area (Å²) in [5.74, 6) is 1.41. The van der Waals surface area contributed by atoms with Crippen LogP contribution in [-0.2, 0) is 0 Å². The van der Waals surface area contributed by atoms with E-state index in [4.69, 9.17) is 0 Å². The molecule has 3 aromatic rings. The van der Waals surface area contributed by atoms with Gasteiger partial charge in [-0.2, -0.15) is 11.8 Å². The van der Waals surface area contributed by atoms with E-state index >= 15 is 0 Å². The van der Waals surface area contributed by atoms with Gasteiger partial charge in [0.2, 0.25) is 0 Å². The standard InChI is InChI=1S/C21H19BrFN3OS/c1-13-2-4-19(17(22)10-13)25-20-15-11-14(23)3-5-18(15)24-12-16(20)21(27)26-6-8-28-9-7-26/h2-5,10-12H,6-9H2,1H3,(H,24,25). The fraction of sp³-hybridized carbons (Fsp3) is 0.238. The number of aryl methyl sites for hydroxylation is 1. The molecule has 2 heterocycles. The van der Waals surface area contributed by atoms with Gasteiger partial charge in [0.25, 0.3) is 5.91 Å². The van der Waals surface area contributed by atoms with Crippen LogP contribution in [0.25, 0.3) is 10.9 Å². The van der Waals surface area contributed by atoms with Crippen molar-refractivity contribution >= 4 is 55.9 Å². The summed E-state index contributed by atoms with van der Waals surface area (Å²) in [5.41, 5.74) is 3.60. The maximum atomic E-state index is 14.0. The van der Waals surface area contributed by atoms with Crippen molar-refractivity contribution in [3.05, 3.63) is 64.0 Å². The Balaban J connectivity index is 1.84. The van der Waals surface area contributed by atoms with Crippen LogP contribution in [0, 0.1) is 12.7 Å². The van der Waals surface area contributed by atoms with E-state index in [0.29, 0.717) is 35.2 Å². The smallest absolute Gasteiger partial charge is 0.257 e. The van der Waals surface area contributed by atoms with Gasteiger partial charge in [0, 0.05) is 40.7 Å². The van der Waals surface area contributed by atoms with Gasteiger partial charge in [-0.05, 0) is 58.7 Å². The van der Waals surface area contributed by atoms with Crippen molar-refractivity contribution in [1.82, 2.24) is 9.88 Å². The van der Waals surface area contributed by atoms with E-state index in [2.05, 4.69) is 26.2 Å². The number of nitrogens with one attached hydrogen (secondary N) is 1. The fourth-order valence-electron chi connectivity index (χ4n) is 3.25. The molecule has 28 heavy (non-hydrogen) atoms. The van der Waals surface area contributed by atoms with Crippen molar-refractivity contribution in [2.75, 3.05) is 29.9 Å². The molecule has 0 radical (unpaired) electrons. The van der Waals surface area contributed by atoms with Crippen molar-refractivity contribution in [2.24, 2.45) is 0 Å². The number of halogens is 2. The summed E-state index contributed by atoms with van der Waals surface area (Å²) in [6, 6.07) is 10.4. The highest BCUT2D eigenvalue weighted by Crippen LogP contribution is 2.34. The Bertz CT molecular complexity index is 1050. The number of carbonyl (C=O) groups is 1. The third-order valence-electron chi connectivity index (χ3n) is 4.74. The zero-order valence-corrected chi connectivity index (χ0v) is 17.7. The number of benzene rings is 2. The Hall–Kier alpha value is -2.12. The molecule has 4 rings (SSSR count). The van der Waals surface area contributed by atoms with Gasteiger partial charge >= 0.3 is 0 Å². The van der Waals surface area contributed by atoms with Crippen LogP contribution in [0.1, 0.15) is 15.9 Å². The molecule has 0 bridgehead atoms. The first kappa shape index (κ1) is 19.2. The molecule has 1 aliphatic rings. The number of aromatic nitrogens is 1. The predicted molar refractivity (Wildman–Crippen MR) is 117 cm³/mol. The molecule has 144 valence electrons. The second-order valence-electron chi connectivity index (χ2n) is 6.72. The maximum Gasteiger partial charge on any atom is 0.257 e. The molecule has 2 aromatic carbocycles. The molecule has 1 saturated heterocycles. The molecule has 0 unspecified atom stereocenters. The highest BCUT2D eigenvalue weighted by Gasteiger charge is 2.23. The highest BCUT2D eigenvalue weighted by atomic mass is 79.9. The normalized spacial score (nSPS) is 14.3. The maximum absolute atomic E-state index is 14.0. The first-order chi connectivity index (χ1) is 13.5. The Morgan fingerprint density at radius 2 is 2.00 bits per heavy atom. The van der Waals surface area contributed by atoms with Gasteiger partial charge in [-0.1, -0.05) is 6.07 Å². The van der Waals surface area contributed by atoms with Gasteiger partial charge in [-0.25, -0.2) is 4.39 Å². The molecule has 1 aromatic heterocycles. The molecule has 0 spiro atoms. The number of fused-ring (bicyclic) bond motifs is 1. The summed E-state index contributed by atoms with van der Waals surface area (Å²) >= 11 is 5.42. The van der Waals surface area contributed by atoms with E-state index < -0.39 is 0 Å². The van der Waals surface area contributed by atoms with E-state index in [0.717, 1.165) is 27.2 Å². The summed E-state index contributed by atoms with van der Waals surface area (Å²) in [6.07, 6.45) is 1.59. The van der Waals surface area contributed by atoms with Crippen molar-refractivity contribution in [3.63, 3.8) is 0 Å². The van der Waals surface area contributed by atoms with Crippen LogP contribution in [0.15, 0.2) is 47.1 Å². The molecule has 4 nitrogen and oxygen atoms in total. The summed E-state index contributed by atoms with van der Waals surface area (Å²) in [5, 5.41) is 3.94. The minimum absolute atomic E-state index is 0.0790. The zero-order chi connectivity index (χ0) is 19.7. The lowest BCUT2D eigenvalue weighted by molar-refractivity contribution is 0.0773. The summed E-state index contributed by atoms with van der Waals surface area (Å²) < 4.78 is 14.9. The molecule has 0 aliphatic carbocycles. The van der Waals surface area contributed by atoms with Gasteiger partial charge in [-0.15, -0.1) is 0 Å². The number of hydrogen-bond acceptors (Lipinski definition) is 4. The van der Waals surface area contributed by atoms with E-state index in [1.54, 1.807) is 12.3 Å². The van der Waals surface area contributed by atoms with Crippen LogP contribution >= 0.6 is 27.7 Å². The lowest BCUT2D eigenvalue weighted by Gasteiger charge is -2.27. The second kappa shape index (κ2) is 8.09. The molecule has 0 atom stereocenters. The Morgan fingerprint density at radius 1 is 1.21 bits per heavy atom. The average Bonchev–Trinajstić information content (AvgIpc) is 2.70. The van der Waals surface area contributed by atoms with Crippen molar-refractivity contribution in [1.29, 1.82) is 0 Å². The average molecular weight is 460 g/mol. The summed E-state index contributed by atoms with van der Waals surface area (Å²) in [7, 11) is 0. The van der Waals surface area contributed by atoms with E-state index in [-0.39, 0.29) is 11.7 Å². The monoisotopic (exact) mass is 459 g/mol.